The molecule has 320 valence electrons. The number of para-hydroxylation sites is 1. The van der Waals surface area contributed by atoms with E-state index in [1.54, 1.807) is 36.6 Å². The fourth-order valence-corrected chi connectivity index (χ4v) is 9.89. The summed E-state index contributed by atoms with van der Waals surface area (Å²) in [5.41, 5.74) is 0.510. The summed E-state index contributed by atoms with van der Waals surface area (Å²) >= 11 is 0. The maximum atomic E-state index is 14.6. The highest BCUT2D eigenvalue weighted by Crippen LogP contribution is 2.42. The number of esters is 2. The number of aryl methyl sites for hydroxylation is 1. The highest BCUT2D eigenvalue weighted by atomic mass is 32.2. The standard InChI is InChI=1S/C45H55N5O9S/c1-9-28(4)38(47-37(48-60(55,56)32-17-15-27(3)16-18-32)19-20-57-31-23-43(5,6)50(54)44(7,8)24-31)41(52)59-45(10-2)34-22-36-39-30(21-29-13-11-12-14-35(29)46-39)25-49(36)40(51)33(34)26-58-42(45)53/h11-18,21-22,28,31,38,54H,9-10,19-20,23-26H2,1-8H3,(H,47,48)/t28?,38-,45+/m1/s1. The molecule has 3 aliphatic heterocycles. The fraction of sp³-hybridized carbons (Fsp3) is 0.489. The molecular formula is C45H55N5O9S. The molecule has 1 saturated heterocycles. The summed E-state index contributed by atoms with van der Waals surface area (Å²) in [4.78, 5) is 52.4. The largest absolute Gasteiger partial charge is 0.457 e. The van der Waals surface area contributed by atoms with Crippen LogP contribution in [0.3, 0.4) is 0 Å². The van der Waals surface area contributed by atoms with Crippen molar-refractivity contribution in [2.24, 2.45) is 10.9 Å². The number of nitrogens with zero attached hydrogens (tertiary/aromatic N) is 4. The van der Waals surface area contributed by atoms with Crippen LogP contribution in [0, 0.1) is 12.8 Å². The average Bonchev–Trinajstić information content (AvgIpc) is 3.56. The lowest BCUT2D eigenvalue weighted by Gasteiger charge is -2.51. The van der Waals surface area contributed by atoms with Gasteiger partial charge in [-0.05, 0) is 90.1 Å². The maximum Gasteiger partial charge on any atom is 0.355 e. The van der Waals surface area contributed by atoms with Crippen molar-refractivity contribution in [3.8, 4) is 11.4 Å². The van der Waals surface area contributed by atoms with E-state index >= 15 is 0 Å². The van der Waals surface area contributed by atoms with Crippen LogP contribution >= 0.6 is 0 Å². The third-order valence-corrected chi connectivity index (χ3v) is 13.7. The Bertz CT molecular complexity index is 2510. The first-order chi connectivity index (χ1) is 28.3. The van der Waals surface area contributed by atoms with Crippen LogP contribution < -0.4 is 10.3 Å². The number of hydrogen-bond donors (Lipinski definition) is 2. The summed E-state index contributed by atoms with van der Waals surface area (Å²) in [7, 11) is -4.17. The molecule has 4 aromatic rings. The van der Waals surface area contributed by atoms with E-state index in [1.807, 2.05) is 71.9 Å². The van der Waals surface area contributed by atoms with Crippen molar-refractivity contribution in [2.75, 3.05) is 6.61 Å². The van der Waals surface area contributed by atoms with Gasteiger partial charge in [0.1, 0.15) is 12.4 Å². The predicted molar refractivity (Wildman–Crippen MR) is 226 cm³/mol. The Balaban J connectivity index is 1.24. The molecule has 2 aromatic carbocycles. The number of carbonyl (C=O) groups is 2. The topological polar surface area (TPSA) is 179 Å². The van der Waals surface area contributed by atoms with Gasteiger partial charge in [0.15, 0.2) is 6.04 Å². The Morgan fingerprint density at radius 2 is 1.73 bits per heavy atom. The van der Waals surface area contributed by atoms with Gasteiger partial charge in [-0.1, -0.05) is 63.1 Å². The second-order valence-electron chi connectivity index (χ2n) is 17.6. The Morgan fingerprint density at radius 3 is 2.40 bits per heavy atom. The van der Waals surface area contributed by atoms with E-state index in [0.717, 1.165) is 22.0 Å². The Morgan fingerprint density at radius 1 is 1.05 bits per heavy atom. The zero-order chi connectivity index (χ0) is 43.4. The number of rotatable bonds is 12. The molecule has 0 bridgehead atoms. The van der Waals surface area contributed by atoms with Crippen LogP contribution in [0.25, 0.3) is 22.3 Å². The molecule has 3 aliphatic rings. The average molecular weight is 842 g/mol. The van der Waals surface area contributed by atoms with E-state index in [0.29, 0.717) is 30.7 Å². The van der Waals surface area contributed by atoms with Gasteiger partial charge in [0.2, 0.25) is 5.60 Å². The molecule has 0 spiro atoms. The Hall–Kier alpha value is -4.96. The number of nitrogens with one attached hydrogen (secondary N) is 1. The van der Waals surface area contributed by atoms with Crippen LogP contribution in [0.15, 0.2) is 75.3 Å². The quantitative estimate of drug-likeness (QED) is 0.0791. The predicted octanol–water partition coefficient (Wildman–Crippen LogP) is 6.55. The summed E-state index contributed by atoms with van der Waals surface area (Å²) in [6.45, 7) is 15.0. The lowest BCUT2D eigenvalue weighted by molar-refractivity contribution is -0.261. The first-order valence-electron chi connectivity index (χ1n) is 20.6. The second-order valence-corrected chi connectivity index (χ2v) is 19.3. The Labute approximate surface area is 351 Å². The highest BCUT2D eigenvalue weighted by molar-refractivity contribution is 7.90. The number of aliphatic imine (C=N–C) groups is 1. The van der Waals surface area contributed by atoms with E-state index in [2.05, 4.69) is 4.72 Å². The number of sulfonamides is 1. The van der Waals surface area contributed by atoms with Gasteiger partial charge in [-0.15, -0.1) is 0 Å². The minimum absolute atomic E-state index is 0.0116. The van der Waals surface area contributed by atoms with Crippen LogP contribution in [0.1, 0.15) is 103 Å². The van der Waals surface area contributed by atoms with Crippen molar-refractivity contribution < 1.29 is 37.4 Å². The zero-order valence-electron chi connectivity index (χ0n) is 35.6. The van der Waals surface area contributed by atoms with Gasteiger partial charge in [0.05, 0.1) is 46.6 Å². The van der Waals surface area contributed by atoms with Crippen molar-refractivity contribution in [3.63, 3.8) is 0 Å². The molecule has 1 fully saturated rings. The van der Waals surface area contributed by atoms with E-state index in [4.69, 9.17) is 24.2 Å². The van der Waals surface area contributed by atoms with Crippen LogP contribution in [-0.2, 0) is 52.6 Å². The molecule has 0 radical (unpaired) electrons. The molecule has 1 unspecified atom stereocenters. The molecule has 3 atom stereocenters. The third-order valence-electron chi connectivity index (χ3n) is 12.3. The normalized spacial score (nSPS) is 21.1. The maximum absolute atomic E-state index is 14.6. The van der Waals surface area contributed by atoms with Crippen molar-refractivity contribution in [1.82, 2.24) is 19.3 Å². The molecule has 60 heavy (non-hydrogen) atoms. The van der Waals surface area contributed by atoms with Gasteiger partial charge in [0.25, 0.3) is 15.6 Å². The van der Waals surface area contributed by atoms with Gasteiger partial charge < -0.3 is 24.0 Å². The van der Waals surface area contributed by atoms with Gasteiger partial charge >= 0.3 is 11.9 Å². The lowest BCUT2D eigenvalue weighted by atomic mass is 9.80. The third kappa shape index (κ3) is 7.99. The smallest absolute Gasteiger partial charge is 0.355 e. The van der Waals surface area contributed by atoms with Crippen LogP contribution in [0.5, 0.6) is 0 Å². The summed E-state index contributed by atoms with van der Waals surface area (Å²) < 4.78 is 50.1. The number of amidine groups is 1. The number of fused-ring (bicyclic) bond motifs is 5. The van der Waals surface area contributed by atoms with E-state index in [1.165, 1.54) is 17.2 Å². The molecular weight excluding hydrogens is 787 g/mol. The van der Waals surface area contributed by atoms with E-state index in [-0.39, 0.29) is 66.1 Å². The number of carbonyl (C=O) groups excluding carboxylic acids is 2. The number of hydrogen-bond acceptors (Lipinski definition) is 12. The first-order valence-corrected chi connectivity index (χ1v) is 22.1. The molecule has 0 saturated carbocycles. The van der Waals surface area contributed by atoms with Crippen LogP contribution in [-0.4, -0.2) is 75.8 Å². The molecule has 14 nitrogen and oxygen atoms in total. The van der Waals surface area contributed by atoms with Gasteiger partial charge in [-0.2, -0.15) is 5.06 Å². The molecule has 5 heterocycles. The number of piperidine rings is 1. The number of cyclic esters (lactones) is 1. The zero-order valence-corrected chi connectivity index (χ0v) is 36.4. The van der Waals surface area contributed by atoms with E-state index in [9.17, 15) is 28.0 Å². The van der Waals surface area contributed by atoms with Crippen LogP contribution in [0.2, 0.25) is 0 Å². The van der Waals surface area contributed by atoms with Crippen molar-refractivity contribution >= 4 is 38.7 Å². The summed E-state index contributed by atoms with van der Waals surface area (Å²) in [5.74, 6) is -2.21. The van der Waals surface area contributed by atoms with Crippen LogP contribution in [0.4, 0.5) is 0 Å². The highest BCUT2D eigenvalue weighted by Gasteiger charge is 2.52. The number of pyridine rings is 2. The minimum Gasteiger partial charge on any atom is -0.457 e. The minimum atomic E-state index is -4.17. The van der Waals surface area contributed by atoms with Gasteiger partial charge in [-0.3, -0.25) is 14.5 Å². The molecule has 15 heteroatoms. The summed E-state index contributed by atoms with van der Waals surface area (Å²) in [5, 5.41) is 13.1. The van der Waals surface area contributed by atoms with Crippen molar-refractivity contribution in [3.05, 3.63) is 93.3 Å². The number of benzene rings is 2. The summed E-state index contributed by atoms with van der Waals surface area (Å²) in [6.07, 6.45) is 1.18. The number of aromatic nitrogens is 2. The van der Waals surface area contributed by atoms with Gasteiger partial charge in [-0.25, -0.2) is 23.0 Å². The summed E-state index contributed by atoms with van der Waals surface area (Å²) in [6, 6.07) is 16.5. The van der Waals surface area contributed by atoms with Crippen molar-refractivity contribution in [2.45, 2.75) is 134 Å². The molecule has 0 amide bonds. The Kier molecular flexibility index (Phi) is 11.6. The molecule has 2 N–H and O–H groups in total. The second kappa shape index (κ2) is 16.1. The fourth-order valence-electron chi connectivity index (χ4n) is 8.81. The lowest BCUT2D eigenvalue weighted by Crippen LogP contribution is -2.60. The van der Waals surface area contributed by atoms with Crippen molar-refractivity contribution in [1.29, 1.82) is 0 Å². The number of ether oxygens (including phenoxy) is 3. The van der Waals surface area contributed by atoms with E-state index < -0.39 is 50.6 Å². The molecule has 7 rings (SSSR count). The molecule has 0 aliphatic carbocycles. The molecule has 2 aromatic heterocycles. The monoisotopic (exact) mass is 841 g/mol. The SMILES string of the molecule is CCC(C)[C@@H](N=C(CCOC1CC(C)(C)N(O)C(C)(C)C1)NS(=O)(=O)c1ccc(C)cc1)C(=O)O[C@]1(CC)C(=O)OCc2c1cc1n(c2=O)Cc2cc3ccccc3nc2-1. The van der Waals surface area contributed by atoms with Gasteiger partial charge in [0, 0.05) is 34.0 Å². The number of hydroxylamine groups is 2. The first kappa shape index (κ1) is 43.1.